The van der Waals surface area contributed by atoms with Gasteiger partial charge in [0.15, 0.2) is 5.78 Å². The summed E-state index contributed by atoms with van der Waals surface area (Å²) in [5.41, 5.74) is 2.77. The van der Waals surface area contributed by atoms with Gasteiger partial charge in [-0.3, -0.25) is 9.78 Å². The molecular formula is C16H9N3O2. The highest BCUT2D eigenvalue weighted by Crippen LogP contribution is 2.37. The summed E-state index contributed by atoms with van der Waals surface area (Å²) in [6.07, 6.45) is 4.88. The molecule has 5 nitrogen and oxygen atoms in total. The Morgan fingerprint density at radius 1 is 0.810 bits per heavy atom. The zero-order chi connectivity index (χ0) is 14.2. The molecule has 0 aliphatic heterocycles. The van der Waals surface area contributed by atoms with Crippen LogP contribution in [0, 0.1) is 0 Å². The first-order valence-electron chi connectivity index (χ1n) is 6.42. The minimum absolute atomic E-state index is 0.0347. The molecule has 4 rings (SSSR count). The molecule has 1 aliphatic carbocycles. The molecule has 3 aromatic rings. The van der Waals surface area contributed by atoms with Gasteiger partial charge >= 0.3 is 6.01 Å². The second-order valence-corrected chi connectivity index (χ2v) is 4.57. The van der Waals surface area contributed by atoms with E-state index in [9.17, 15) is 4.79 Å². The van der Waals surface area contributed by atoms with Crippen molar-refractivity contribution < 1.29 is 9.53 Å². The largest absolute Gasteiger partial charge is 0.424 e. The van der Waals surface area contributed by atoms with Gasteiger partial charge in [0.25, 0.3) is 0 Å². The molecule has 100 valence electrons. The van der Waals surface area contributed by atoms with Crippen molar-refractivity contribution in [3.8, 4) is 23.0 Å². The van der Waals surface area contributed by atoms with Gasteiger partial charge in [-0.2, -0.15) is 0 Å². The first-order valence-corrected chi connectivity index (χ1v) is 6.42. The standard InChI is InChI=1S/C16H9N3O2/c20-15-12-3-1-6-17-14(12)11-5-4-10(9-13(11)15)21-16-18-7-2-8-19-16/h1-9H. The monoisotopic (exact) mass is 275 g/mol. The summed E-state index contributed by atoms with van der Waals surface area (Å²) in [5.74, 6) is 0.494. The molecule has 0 radical (unpaired) electrons. The number of hydrogen-bond acceptors (Lipinski definition) is 5. The summed E-state index contributed by atoms with van der Waals surface area (Å²) in [7, 11) is 0. The summed E-state index contributed by atoms with van der Waals surface area (Å²) < 4.78 is 5.56. The number of carbonyl (C=O) groups excluding carboxylic acids is 1. The van der Waals surface area contributed by atoms with E-state index in [1.165, 1.54) is 0 Å². The number of carbonyl (C=O) groups is 1. The maximum absolute atomic E-state index is 12.4. The van der Waals surface area contributed by atoms with E-state index in [0.29, 0.717) is 16.9 Å². The molecule has 0 saturated heterocycles. The predicted octanol–water partition coefficient (Wildman–Crippen LogP) is 2.88. The lowest BCUT2D eigenvalue weighted by Gasteiger charge is -2.05. The van der Waals surface area contributed by atoms with Crippen LogP contribution in [-0.4, -0.2) is 20.7 Å². The molecule has 0 amide bonds. The summed E-state index contributed by atoms with van der Waals surface area (Å²) >= 11 is 0. The molecule has 2 aromatic heterocycles. The van der Waals surface area contributed by atoms with Crippen LogP contribution in [0.2, 0.25) is 0 Å². The SMILES string of the molecule is O=C1c2cc(Oc3ncccn3)ccc2-c2ncccc21. The molecule has 0 atom stereocenters. The van der Waals surface area contributed by atoms with Gasteiger partial charge in [0.1, 0.15) is 5.75 Å². The van der Waals surface area contributed by atoms with Crippen LogP contribution in [0.4, 0.5) is 0 Å². The van der Waals surface area contributed by atoms with Gasteiger partial charge in [0, 0.05) is 35.3 Å². The molecule has 0 spiro atoms. The first kappa shape index (κ1) is 11.7. The topological polar surface area (TPSA) is 65.0 Å². The number of pyridine rings is 1. The Hall–Kier alpha value is -3.08. The number of rotatable bonds is 2. The number of hydrogen-bond donors (Lipinski definition) is 0. The smallest absolute Gasteiger partial charge is 0.321 e. The maximum Gasteiger partial charge on any atom is 0.321 e. The van der Waals surface area contributed by atoms with Crippen molar-refractivity contribution in [2.24, 2.45) is 0 Å². The number of nitrogens with zero attached hydrogens (tertiary/aromatic N) is 3. The highest BCUT2D eigenvalue weighted by atomic mass is 16.5. The third-order valence-electron chi connectivity index (χ3n) is 3.29. The minimum Gasteiger partial charge on any atom is -0.424 e. The van der Waals surface area contributed by atoms with E-state index in [2.05, 4.69) is 15.0 Å². The van der Waals surface area contributed by atoms with Crippen molar-refractivity contribution in [2.45, 2.75) is 0 Å². The van der Waals surface area contributed by atoms with E-state index in [4.69, 9.17) is 4.74 Å². The Balaban J connectivity index is 1.75. The zero-order valence-electron chi connectivity index (χ0n) is 10.9. The van der Waals surface area contributed by atoms with E-state index in [1.807, 2.05) is 6.07 Å². The van der Waals surface area contributed by atoms with Crippen LogP contribution in [0.1, 0.15) is 15.9 Å². The van der Waals surface area contributed by atoms with E-state index in [1.54, 1.807) is 48.9 Å². The molecule has 0 saturated carbocycles. The fraction of sp³-hybridized carbons (Fsp3) is 0. The third kappa shape index (κ3) is 1.87. The van der Waals surface area contributed by atoms with Crippen molar-refractivity contribution in [3.63, 3.8) is 0 Å². The lowest BCUT2D eigenvalue weighted by molar-refractivity contribution is 0.104. The predicted molar refractivity (Wildman–Crippen MR) is 75.2 cm³/mol. The van der Waals surface area contributed by atoms with E-state index < -0.39 is 0 Å². The highest BCUT2D eigenvalue weighted by molar-refractivity contribution is 6.21. The van der Waals surface area contributed by atoms with E-state index in [-0.39, 0.29) is 11.8 Å². The molecule has 5 heteroatoms. The summed E-state index contributed by atoms with van der Waals surface area (Å²) in [4.78, 5) is 24.6. The van der Waals surface area contributed by atoms with Crippen molar-refractivity contribution in [1.29, 1.82) is 0 Å². The van der Waals surface area contributed by atoms with Gasteiger partial charge in [0.05, 0.1) is 5.69 Å². The molecule has 1 aliphatic rings. The average molecular weight is 275 g/mol. The van der Waals surface area contributed by atoms with Crippen LogP contribution < -0.4 is 4.74 Å². The Kier molecular flexibility index (Phi) is 2.50. The van der Waals surface area contributed by atoms with Crippen LogP contribution in [0.15, 0.2) is 55.0 Å². The molecule has 0 fully saturated rings. The average Bonchev–Trinajstić information content (AvgIpc) is 2.82. The van der Waals surface area contributed by atoms with Gasteiger partial charge < -0.3 is 4.74 Å². The zero-order valence-corrected chi connectivity index (χ0v) is 10.9. The lowest BCUT2D eigenvalue weighted by atomic mass is 10.1. The van der Waals surface area contributed by atoms with Gasteiger partial charge in [-0.15, -0.1) is 0 Å². The van der Waals surface area contributed by atoms with Crippen molar-refractivity contribution >= 4 is 5.78 Å². The highest BCUT2D eigenvalue weighted by Gasteiger charge is 2.27. The second kappa shape index (κ2) is 4.49. The number of ether oxygens (including phenoxy) is 1. The molecule has 21 heavy (non-hydrogen) atoms. The molecule has 1 aromatic carbocycles. The Morgan fingerprint density at radius 2 is 1.62 bits per heavy atom. The Morgan fingerprint density at radius 3 is 2.48 bits per heavy atom. The van der Waals surface area contributed by atoms with Crippen LogP contribution in [-0.2, 0) is 0 Å². The lowest BCUT2D eigenvalue weighted by Crippen LogP contribution is -1.96. The van der Waals surface area contributed by atoms with Crippen molar-refractivity contribution in [2.75, 3.05) is 0 Å². The summed E-state index contributed by atoms with van der Waals surface area (Å²) in [6.45, 7) is 0. The Bertz CT molecular complexity index is 847. The number of aromatic nitrogens is 3. The maximum atomic E-state index is 12.4. The number of ketones is 1. The van der Waals surface area contributed by atoms with Gasteiger partial charge in [-0.05, 0) is 36.4 Å². The van der Waals surface area contributed by atoms with Crippen LogP contribution in [0.3, 0.4) is 0 Å². The Labute approximate surface area is 120 Å². The van der Waals surface area contributed by atoms with E-state index in [0.717, 1.165) is 11.3 Å². The number of benzene rings is 1. The molecule has 0 unspecified atom stereocenters. The van der Waals surface area contributed by atoms with Crippen molar-refractivity contribution in [1.82, 2.24) is 15.0 Å². The van der Waals surface area contributed by atoms with Crippen molar-refractivity contribution in [3.05, 3.63) is 66.1 Å². The van der Waals surface area contributed by atoms with Gasteiger partial charge in [0.2, 0.25) is 0 Å². The summed E-state index contributed by atoms with van der Waals surface area (Å²) in [6, 6.07) is 10.8. The van der Waals surface area contributed by atoms with Gasteiger partial charge in [-0.25, -0.2) is 9.97 Å². The molecular weight excluding hydrogens is 266 g/mol. The fourth-order valence-corrected chi connectivity index (χ4v) is 2.37. The molecule has 2 heterocycles. The molecule has 0 N–H and O–H groups in total. The van der Waals surface area contributed by atoms with Crippen LogP contribution in [0.5, 0.6) is 11.8 Å². The quantitative estimate of drug-likeness (QED) is 0.562. The normalized spacial score (nSPS) is 11.9. The number of fused-ring (bicyclic) bond motifs is 3. The second-order valence-electron chi connectivity index (χ2n) is 4.57. The minimum atomic E-state index is -0.0347. The summed E-state index contributed by atoms with van der Waals surface area (Å²) in [5, 5.41) is 0. The third-order valence-corrected chi connectivity index (χ3v) is 3.29. The van der Waals surface area contributed by atoms with Crippen LogP contribution >= 0.6 is 0 Å². The van der Waals surface area contributed by atoms with Crippen LogP contribution in [0.25, 0.3) is 11.3 Å². The van der Waals surface area contributed by atoms with Gasteiger partial charge in [-0.1, -0.05) is 0 Å². The fourth-order valence-electron chi connectivity index (χ4n) is 2.37. The first-order chi connectivity index (χ1) is 10.3. The van der Waals surface area contributed by atoms with E-state index >= 15 is 0 Å². The molecule has 0 bridgehead atoms.